The van der Waals surface area contributed by atoms with Crippen LogP contribution in [0, 0.1) is 57.2 Å². The molecular weight excluding hydrogens is 376 g/mol. The normalized spacial score (nSPS) is 47.5. The summed E-state index contributed by atoms with van der Waals surface area (Å²) in [6, 6.07) is 0. The lowest BCUT2D eigenvalue weighted by molar-refractivity contribution is -0.193. The van der Waals surface area contributed by atoms with Crippen LogP contribution in [0.3, 0.4) is 0 Å². The molecule has 4 rings (SSSR count). The van der Waals surface area contributed by atoms with Crippen molar-refractivity contribution in [2.45, 2.75) is 126 Å². The Morgan fingerprint density at radius 1 is 0.806 bits per heavy atom. The van der Waals surface area contributed by atoms with Crippen molar-refractivity contribution in [3.05, 3.63) is 0 Å². The molecule has 4 aliphatic carbocycles. The van der Waals surface area contributed by atoms with Crippen molar-refractivity contribution >= 4 is 0 Å². The second-order valence-corrected chi connectivity index (χ2v) is 14.4. The maximum Gasteiger partial charge on any atom is 0.0495 e. The Labute approximate surface area is 194 Å². The minimum absolute atomic E-state index is 0.193. The minimum Gasteiger partial charge on any atom is -0.396 e. The van der Waals surface area contributed by atoms with Crippen LogP contribution in [0.4, 0.5) is 0 Å². The lowest BCUT2D eigenvalue weighted by Gasteiger charge is -2.67. The Balaban J connectivity index is 1.59. The summed E-state index contributed by atoms with van der Waals surface area (Å²) in [5, 5.41) is 11.0. The molecule has 0 radical (unpaired) electrons. The summed E-state index contributed by atoms with van der Waals surface area (Å²) < 4.78 is 0. The molecule has 1 N–H and O–H groups in total. The topological polar surface area (TPSA) is 20.2 Å². The quantitative estimate of drug-likeness (QED) is 0.448. The molecule has 0 amide bonds. The molecule has 0 aromatic rings. The highest BCUT2D eigenvalue weighted by atomic mass is 16.3. The predicted molar refractivity (Wildman–Crippen MR) is 133 cm³/mol. The average molecular weight is 431 g/mol. The summed E-state index contributed by atoms with van der Waals surface area (Å²) in [4.78, 5) is 0. The van der Waals surface area contributed by atoms with Gasteiger partial charge in [0.15, 0.2) is 0 Å². The van der Waals surface area contributed by atoms with E-state index in [-0.39, 0.29) is 5.41 Å². The van der Waals surface area contributed by atoms with Crippen LogP contribution >= 0.6 is 0 Å². The van der Waals surface area contributed by atoms with Crippen LogP contribution < -0.4 is 0 Å². The maximum absolute atomic E-state index is 11.0. The van der Waals surface area contributed by atoms with Crippen LogP contribution in [-0.2, 0) is 0 Å². The SMILES string of the molecule is CC(C)CCCC(C)C1CCC2(C)C3CCC4C(C)(C)CCCC4(C)C3CCC12CO. The second-order valence-electron chi connectivity index (χ2n) is 14.4. The predicted octanol–water partition coefficient (Wildman–Crippen LogP) is 8.50. The Kier molecular flexibility index (Phi) is 6.47. The molecule has 31 heavy (non-hydrogen) atoms. The van der Waals surface area contributed by atoms with Gasteiger partial charge in [0, 0.05) is 12.0 Å². The summed E-state index contributed by atoms with van der Waals surface area (Å²) in [5.74, 6) is 4.97. The fraction of sp³-hybridized carbons (Fsp3) is 1.00. The zero-order valence-electron chi connectivity index (χ0n) is 22.1. The van der Waals surface area contributed by atoms with Crippen molar-refractivity contribution in [2.24, 2.45) is 57.2 Å². The molecular formula is C30H54O. The van der Waals surface area contributed by atoms with Crippen LogP contribution in [0.2, 0.25) is 0 Å². The van der Waals surface area contributed by atoms with Gasteiger partial charge in [0.1, 0.15) is 0 Å². The van der Waals surface area contributed by atoms with E-state index in [1.54, 1.807) is 0 Å². The molecule has 0 saturated heterocycles. The number of aliphatic hydroxyl groups excluding tert-OH is 1. The van der Waals surface area contributed by atoms with E-state index in [4.69, 9.17) is 0 Å². The second kappa shape index (κ2) is 8.32. The Morgan fingerprint density at radius 2 is 1.55 bits per heavy atom. The standard InChI is InChI=1S/C30H54O/c1-21(2)10-8-11-22(3)23-14-18-29(7)25-12-13-26-27(4,5)16-9-17-28(26,6)24(25)15-19-30(23,29)20-31/h21-26,31H,8-20H2,1-7H3. The van der Waals surface area contributed by atoms with Gasteiger partial charge < -0.3 is 5.11 Å². The number of fused-ring (bicyclic) bond motifs is 5. The van der Waals surface area contributed by atoms with Gasteiger partial charge in [0.25, 0.3) is 0 Å². The fourth-order valence-electron chi connectivity index (χ4n) is 10.7. The Bertz CT molecular complexity index is 636. The van der Waals surface area contributed by atoms with Crippen molar-refractivity contribution in [2.75, 3.05) is 6.61 Å². The van der Waals surface area contributed by atoms with Crippen molar-refractivity contribution in [1.82, 2.24) is 0 Å². The molecule has 1 nitrogen and oxygen atoms in total. The van der Waals surface area contributed by atoms with Gasteiger partial charge in [-0.1, -0.05) is 74.1 Å². The number of aliphatic hydroxyl groups is 1. The molecule has 0 bridgehead atoms. The molecule has 0 heterocycles. The molecule has 0 aliphatic heterocycles. The van der Waals surface area contributed by atoms with Gasteiger partial charge in [-0.25, -0.2) is 0 Å². The van der Waals surface area contributed by atoms with Gasteiger partial charge in [-0.3, -0.25) is 0 Å². The lowest BCUT2D eigenvalue weighted by atomic mass is 9.38. The average Bonchev–Trinajstić information content (AvgIpc) is 3.00. The third-order valence-electron chi connectivity index (χ3n) is 12.3. The highest BCUT2D eigenvalue weighted by molar-refractivity contribution is 5.16. The van der Waals surface area contributed by atoms with Gasteiger partial charge >= 0.3 is 0 Å². The summed E-state index contributed by atoms with van der Waals surface area (Å²) in [6.07, 6.45) is 16.7. The zero-order chi connectivity index (χ0) is 22.7. The molecule has 4 saturated carbocycles. The van der Waals surface area contributed by atoms with Crippen LogP contribution in [0.25, 0.3) is 0 Å². The lowest BCUT2D eigenvalue weighted by Crippen LogP contribution is -2.61. The summed E-state index contributed by atoms with van der Waals surface area (Å²) in [6.45, 7) is 18.2. The number of rotatable bonds is 6. The molecule has 4 fully saturated rings. The maximum atomic E-state index is 11.0. The van der Waals surface area contributed by atoms with E-state index in [0.29, 0.717) is 22.9 Å². The fourth-order valence-corrected chi connectivity index (χ4v) is 10.7. The van der Waals surface area contributed by atoms with Gasteiger partial charge in [0.2, 0.25) is 0 Å². The van der Waals surface area contributed by atoms with Crippen LogP contribution in [0.5, 0.6) is 0 Å². The Hall–Kier alpha value is -0.0400. The van der Waals surface area contributed by atoms with Gasteiger partial charge in [-0.2, -0.15) is 0 Å². The number of hydrogen-bond acceptors (Lipinski definition) is 1. The highest BCUT2D eigenvalue weighted by Gasteiger charge is 2.68. The zero-order valence-corrected chi connectivity index (χ0v) is 22.1. The van der Waals surface area contributed by atoms with E-state index in [1.807, 2.05) is 0 Å². The first-order chi connectivity index (χ1) is 14.5. The Morgan fingerprint density at radius 3 is 2.23 bits per heavy atom. The largest absolute Gasteiger partial charge is 0.396 e. The van der Waals surface area contributed by atoms with E-state index in [1.165, 1.54) is 77.0 Å². The highest BCUT2D eigenvalue weighted by Crippen LogP contribution is 2.74. The van der Waals surface area contributed by atoms with E-state index in [2.05, 4.69) is 48.5 Å². The number of hydrogen-bond donors (Lipinski definition) is 1. The van der Waals surface area contributed by atoms with Crippen molar-refractivity contribution in [3.63, 3.8) is 0 Å². The van der Waals surface area contributed by atoms with Gasteiger partial charge in [0.05, 0.1) is 0 Å². The van der Waals surface area contributed by atoms with Crippen LogP contribution in [0.1, 0.15) is 126 Å². The minimum atomic E-state index is 0.193. The molecule has 0 spiro atoms. The molecule has 8 atom stereocenters. The molecule has 0 aromatic carbocycles. The van der Waals surface area contributed by atoms with Crippen molar-refractivity contribution in [3.8, 4) is 0 Å². The van der Waals surface area contributed by atoms with E-state index >= 15 is 0 Å². The van der Waals surface area contributed by atoms with Gasteiger partial charge in [-0.05, 0) is 103 Å². The van der Waals surface area contributed by atoms with E-state index < -0.39 is 0 Å². The summed E-state index contributed by atoms with van der Waals surface area (Å²) >= 11 is 0. The van der Waals surface area contributed by atoms with Crippen LogP contribution in [-0.4, -0.2) is 11.7 Å². The summed E-state index contributed by atoms with van der Waals surface area (Å²) in [5.41, 5.74) is 1.61. The third kappa shape index (κ3) is 3.57. The first kappa shape index (κ1) is 24.1. The summed E-state index contributed by atoms with van der Waals surface area (Å²) in [7, 11) is 0. The van der Waals surface area contributed by atoms with Gasteiger partial charge in [-0.15, -0.1) is 0 Å². The molecule has 8 unspecified atom stereocenters. The van der Waals surface area contributed by atoms with E-state index in [0.717, 1.165) is 35.5 Å². The van der Waals surface area contributed by atoms with Crippen molar-refractivity contribution < 1.29 is 5.11 Å². The monoisotopic (exact) mass is 430 g/mol. The van der Waals surface area contributed by atoms with E-state index in [9.17, 15) is 5.11 Å². The van der Waals surface area contributed by atoms with Crippen LogP contribution in [0.15, 0.2) is 0 Å². The molecule has 1 heteroatoms. The third-order valence-corrected chi connectivity index (χ3v) is 12.3. The smallest absolute Gasteiger partial charge is 0.0495 e. The van der Waals surface area contributed by atoms with Crippen molar-refractivity contribution in [1.29, 1.82) is 0 Å². The first-order valence-electron chi connectivity index (χ1n) is 14.1. The molecule has 4 aliphatic rings. The molecule has 0 aromatic heterocycles. The molecule has 180 valence electrons. The first-order valence-corrected chi connectivity index (χ1v) is 14.1.